The zero-order valence-corrected chi connectivity index (χ0v) is 16.8. The number of pyridine rings is 1. The molecule has 1 aromatic carbocycles. The van der Waals surface area contributed by atoms with Gasteiger partial charge in [-0.05, 0) is 31.5 Å². The maximum absolute atomic E-state index is 11.4. The molecule has 1 aromatic heterocycles. The summed E-state index contributed by atoms with van der Waals surface area (Å²) in [6.07, 6.45) is 1.77. The van der Waals surface area contributed by atoms with Gasteiger partial charge >= 0.3 is 0 Å². The number of rotatable bonds is 6. The van der Waals surface area contributed by atoms with Gasteiger partial charge in [0.25, 0.3) is 0 Å². The van der Waals surface area contributed by atoms with Gasteiger partial charge < -0.3 is 15.4 Å². The highest BCUT2D eigenvalue weighted by Gasteiger charge is 2.27. The van der Waals surface area contributed by atoms with Crippen molar-refractivity contribution in [1.82, 2.24) is 4.98 Å². The smallest absolute Gasteiger partial charge is 0.222 e. The normalized spacial score (nSPS) is 15.2. The molecule has 0 saturated heterocycles. The van der Waals surface area contributed by atoms with Gasteiger partial charge in [0, 0.05) is 42.7 Å². The lowest BCUT2D eigenvalue weighted by molar-refractivity contribution is -0.114. The quantitative estimate of drug-likeness (QED) is 0.789. The van der Waals surface area contributed by atoms with E-state index in [1.165, 1.54) is 6.92 Å². The van der Waals surface area contributed by atoms with Crippen molar-refractivity contribution in [1.29, 1.82) is 0 Å². The third kappa shape index (κ3) is 5.01. The van der Waals surface area contributed by atoms with Gasteiger partial charge in [-0.15, -0.1) is 11.8 Å². The van der Waals surface area contributed by atoms with Crippen LogP contribution in [0.15, 0.2) is 41.5 Å². The van der Waals surface area contributed by atoms with Crippen molar-refractivity contribution in [2.75, 3.05) is 23.5 Å². The van der Waals surface area contributed by atoms with Crippen LogP contribution in [-0.2, 0) is 11.3 Å². The number of carbonyl (C=O) groups excluding carboxylic acids is 1. The highest BCUT2D eigenvalue weighted by Crippen LogP contribution is 2.33. The number of hydrogen-bond acceptors (Lipinski definition) is 6. The van der Waals surface area contributed by atoms with Crippen LogP contribution in [0.1, 0.15) is 31.9 Å². The highest BCUT2D eigenvalue weighted by molar-refractivity contribution is 8.14. The Morgan fingerprint density at radius 2 is 2.04 bits per heavy atom. The number of nitrogens with one attached hydrogen (secondary N) is 2. The SMILES string of the molecule is COc1ccc(CNc2cc(NC(C)=O)ncc2C2=NC(C)(C)CS2)cc1. The van der Waals surface area contributed by atoms with Gasteiger partial charge in [-0.3, -0.25) is 9.79 Å². The van der Waals surface area contributed by atoms with Crippen LogP contribution in [0, 0.1) is 0 Å². The second-order valence-electron chi connectivity index (χ2n) is 7.02. The third-order valence-corrected chi connectivity index (χ3v) is 5.48. The van der Waals surface area contributed by atoms with E-state index in [-0.39, 0.29) is 11.4 Å². The molecule has 27 heavy (non-hydrogen) atoms. The topological polar surface area (TPSA) is 75.6 Å². The summed E-state index contributed by atoms with van der Waals surface area (Å²) in [7, 11) is 1.65. The van der Waals surface area contributed by atoms with Gasteiger partial charge in [0.1, 0.15) is 16.6 Å². The predicted octanol–water partition coefficient (Wildman–Crippen LogP) is 3.93. The first-order valence-electron chi connectivity index (χ1n) is 8.74. The van der Waals surface area contributed by atoms with E-state index in [2.05, 4.69) is 29.5 Å². The Morgan fingerprint density at radius 1 is 1.30 bits per heavy atom. The van der Waals surface area contributed by atoms with E-state index < -0.39 is 0 Å². The first-order chi connectivity index (χ1) is 12.9. The molecule has 2 N–H and O–H groups in total. The number of anilines is 2. The van der Waals surface area contributed by atoms with Gasteiger partial charge in [0.05, 0.1) is 12.6 Å². The van der Waals surface area contributed by atoms with Crippen LogP contribution < -0.4 is 15.4 Å². The number of benzene rings is 1. The van der Waals surface area contributed by atoms with Crippen LogP contribution in [-0.4, -0.2) is 34.3 Å². The summed E-state index contributed by atoms with van der Waals surface area (Å²) in [5, 5.41) is 7.17. The van der Waals surface area contributed by atoms with E-state index in [9.17, 15) is 4.79 Å². The average molecular weight is 385 g/mol. The molecule has 7 heteroatoms. The van der Waals surface area contributed by atoms with E-state index >= 15 is 0 Å². The zero-order valence-electron chi connectivity index (χ0n) is 16.0. The Balaban J connectivity index is 1.86. The fourth-order valence-electron chi connectivity index (χ4n) is 2.68. The first kappa shape index (κ1) is 19.2. The molecule has 142 valence electrons. The maximum Gasteiger partial charge on any atom is 0.222 e. The monoisotopic (exact) mass is 384 g/mol. The van der Waals surface area contributed by atoms with Crippen molar-refractivity contribution in [3.63, 3.8) is 0 Å². The van der Waals surface area contributed by atoms with E-state index in [1.807, 2.05) is 30.3 Å². The van der Waals surface area contributed by atoms with Crippen molar-refractivity contribution >= 4 is 34.2 Å². The molecule has 2 heterocycles. The number of nitrogens with zero attached hydrogens (tertiary/aromatic N) is 2. The van der Waals surface area contributed by atoms with Crippen LogP contribution in [0.3, 0.4) is 0 Å². The Morgan fingerprint density at radius 3 is 2.63 bits per heavy atom. The average Bonchev–Trinajstić information content (AvgIpc) is 2.99. The number of hydrogen-bond donors (Lipinski definition) is 2. The van der Waals surface area contributed by atoms with Crippen LogP contribution >= 0.6 is 11.8 Å². The molecule has 0 unspecified atom stereocenters. The summed E-state index contributed by atoms with van der Waals surface area (Å²) in [6.45, 7) is 6.36. The molecule has 1 aliphatic heterocycles. The van der Waals surface area contributed by atoms with E-state index in [1.54, 1.807) is 25.1 Å². The molecule has 0 saturated carbocycles. The van der Waals surface area contributed by atoms with E-state index in [0.717, 1.165) is 33.4 Å². The molecule has 0 fully saturated rings. The number of carbonyl (C=O) groups is 1. The minimum Gasteiger partial charge on any atom is -0.497 e. The molecule has 0 radical (unpaired) electrons. The Hall–Kier alpha value is -2.54. The highest BCUT2D eigenvalue weighted by atomic mass is 32.2. The minimum atomic E-state index is -0.148. The molecule has 0 atom stereocenters. The largest absolute Gasteiger partial charge is 0.497 e. The molecular weight excluding hydrogens is 360 g/mol. The molecule has 3 rings (SSSR count). The molecule has 1 amide bonds. The molecule has 0 aliphatic carbocycles. The number of ether oxygens (including phenoxy) is 1. The van der Waals surface area contributed by atoms with Gasteiger partial charge in [-0.1, -0.05) is 12.1 Å². The van der Waals surface area contributed by atoms with Crippen molar-refractivity contribution < 1.29 is 9.53 Å². The van der Waals surface area contributed by atoms with E-state index in [0.29, 0.717) is 12.4 Å². The van der Waals surface area contributed by atoms with Crippen LogP contribution in [0.2, 0.25) is 0 Å². The Kier molecular flexibility index (Phi) is 5.70. The number of thioether (sulfide) groups is 1. The van der Waals surface area contributed by atoms with Crippen molar-refractivity contribution in [2.24, 2.45) is 4.99 Å². The molecule has 0 bridgehead atoms. The molecule has 0 spiro atoms. The number of aromatic nitrogens is 1. The Bertz CT molecular complexity index is 863. The van der Waals surface area contributed by atoms with Gasteiger partial charge in [-0.2, -0.15) is 0 Å². The summed E-state index contributed by atoms with van der Waals surface area (Å²) in [6, 6.07) is 9.77. The predicted molar refractivity (Wildman–Crippen MR) is 112 cm³/mol. The summed E-state index contributed by atoms with van der Waals surface area (Å²) < 4.78 is 5.20. The zero-order chi connectivity index (χ0) is 19.4. The molecule has 6 nitrogen and oxygen atoms in total. The number of amides is 1. The lowest BCUT2D eigenvalue weighted by Crippen LogP contribution is -2.15. The van der Waals surface area contributed by atoms with Crippen molar-refractivity contribution in [2.45, 2.75) is 32.9 Å². The number of methoxy groups -OCH3 is 1. The summed E-state index contributed by atoms with van der Waals surface area (Å²) in [5.74, 6) is 2.14. The lowest BCUT2D eigenvalue weighted by atomic mass is 10.1. The number of aliphatic imine (C=N–C) groups is 1. The van der Waals surface area contributed by atoms with Crippen molar-refractivity contribution in [3.8, 4) is 5.75 Å². The minimum absolute atomic E-state index is 0.0798. The molecule has 1 aliphatic rings. The van der Waals surface area contributed by atoms with Crippen LogP contribution in [0.4, 0.5) is 11.5 Å². The summed E-state index contributed by atoms with van der Waals surface area (Å²) in [4.78, 5) is 20.6. The fraction of sp³-hybridized carbons (Fsp3) is 0.350. The summed E-state index contributed by atoms with van der Waals surface area (Å²) >= 11 is 1.73. The second-order valence-corrected chi connectivity index (χ2v) is 7.98. The van der Waals surface area contributed by atoms with Crippen LogP contribution in [0.25, 0.3) is 0 Å². The van der Waals surface area contributed by atoms with Crippen molar-refractivity contribution in [3.05, 3.63) is 47.7 Å². The lowest BCUT2D eigenvalue weighted by Gasteiger charge is -2.14. The molecular formula is C20H24N4O2S. The summed E-state index contributed by atoms with van der Waals surface area (Å²) in [5.41, 5.74) is 2.89. The fourth-order valence-corrected chi connectivity index (χ4v) is 3.87. The van der Waals surface area contributed by atoms with Crippen LogP contribution in [0.5, 0.6) is 5.75 Å². The standard InChI is InChI=1S/C20H24N4O2S/c1-13(25)23-18-9-17(21-10-14-5-7-15(26-4)8-6-14)16(11-22-18)19-24-20(2,3)12-27-19/h5-9,11H,10,12H2,1-4H3,(H2,21,22,23,25). The Labute approximate surface area is 163 Å². The van der Waals surface area contributed by atoms with Gasteiger partial charge in [0.15, 0.2) is 0 Å². The molecule has 2 aromatic rings. The second kappa shape index (κ2) is 8.00. The third-order valence-electron chi connectivity index (χ3n) is 4.05. The van der Waals surface area contributed by atoms with Gasteiger partial charge in [0.2, 0.25) is 5.91 Å². The van der Waals surface area contributed by atoms with E-state index in [4.69, 9.17) is 9.73 Å². The maximum atomic E-state index is 11.4. The first-order valence-corrected chi connectivity index (χ1v) is 9.72. The van der Waals surface area contributed by atoms with Gasteiger partial charge in [-0.25, -0.2) is 4.98 Å².